The lowest BCUT2D eigenvalue weighted by atomic mass is 10.1. The molecule has 0 aromatic carbocycles. The number of aromatic nitrogens is 2. The Morgan fingerprint density at radius 2 is 2.44 bits per heavy atom. The number of carbonyl (C=O) groups is 1. The van der Waals surface area contributed by atoms with Crippen LogP contribution in [0.15, 0.2) is 17.8 Å². The van der Waals surface area contributed by atoms with Crippen LogP contribution in [0.5, 0.6) is 0 Å². The molecule has 0 spiro atoms. The molecule has 1 saturated carbocycles. The van der Waals surface area contributed by atoms with E-state index in [1.54, 1.807) is 17.5 Å². The van der Waals surface area contributed by atoms with Gasteiger partial charge in [-0.25, -0.2) is 4.98 Å². The number of carbonyl (C=O) groups excluding carboxylic acids is 1. The molecule has 1 fully saturated rings. The SMILES string of the molecule is CC1(C)C[C@@H]1C(=O)Nc1ncc2sccn12. The number of amides is 1. The predicted molar refractivity (Wildman–Crippen MR) is 63.6 cm³/mol. The highest BCUT2D eigenvalue weighted by molar-refractivity contribution is 7.15. The topological polar surface area (TPSA) is 46.4 Å². The number of fused-ring (bicyclic) bond motifs is 1. The van der Waals surface area contributed by atoms with Crippen LogP contribution < -0.4 is 5.32 Å². The largest absolute Gasteiger partial charge is 0.295 e. The van der Waals surface area contributed by atoms with Crippen molar-refractivity contribution in [1.29, 1.82) is 0 Å². The van der Waals surface area contributed by atoms with Gasteiger partial charge in [0.25, 0.3) is 0 Å². The van der Waals surface area contributed by atoms with Crippen LogP contribution in [0.3, 0.4) is 0 Å². The Hall–Kier alpha value is -1.36. The summed E-state index contributed by atoms with van der Waals surface area (Å²) in [5, 5.41) is 4.87. The summed E-state index contributed by atoms with van der Waals surface area (Å²) in [4.78, 5) is 17.1. The number of imidazole rings is 1. The van der Waals surface area contributed by atoms with Gasteiger partial charge in [-0.2, -0.15) is 0 Å². The number of nitrogens with one attached hydrogen (secondary N) is 1. The Morgan fingerprint density at radius 1 is 1.69 bits per heavy atom. The van der Waals surface area contributed by atoms with E-state index >= 15 is 0 Å². The zero-order chi connectivity index (χ0) is 11.3. The summed E-state index contributed by atoms with van der Waals surface area (Å²) < 4.78 is 1.90. The second-order valence-corrected chi connectivity index (χ2v) is 5.85. The summed E-state index contributed by atoms with van der Waals surface area (Å²) in [7, 11) is 0. The molecule has 1 atom stereocenters. The molecule has 84 valence electrons. The van der Waals surface area contributed by atoms with Crippen molar-refractivity contribution in [2.24, 2.45) is 11.3 Å². The lowest BCUT2D eigenvalue weighted by molar-refractivity contribution is -0.118. The van der Waals surface area contributed by atoms with Gasteiger partial charge in [0.05, 0.1) is 6.20 Å². The molecule has 2 heterocycles. The molecule has 16 heavy (non-hydrogen) atoms. The van der Waals surface area contributed by atoms with Crippen LogP contribution in [0.2, 0.25) is 0 Å². The van der Waals surface area contributed by atoms with Crippen LogP contribution in [0.25, 0.3) is 4.83 Å². The summed E-state index contributed by atoms with van der Waals surface area (Å²) in [6.45, 7) is 4.23. The van der Waals surface area contributed by atoms with Crippen molar-refractivity contribution in [3.8, 4) is 0 Å². The average molecular weight is 235 g/mol. The summed E-state index contributed by atoms with van der Waals surface area (Å²) in [5.74, 6) is 0.853. The maximum Gasteiger partial charge on any atom is 0.230 e. The molecule has 4 nitrogen and oxygen atoms in total. The van der Waals surface area contributed by atoms with E-state index in [-0.39, 0.29) is 17.2 Å². The summed E-state index contributed by atoms with van der Waals surface area (Å²) in [5.41, 5.74) is 0.162. The summed E-state index contributed by atoms with van der Waals surface area (Å²) in [6, 6.07) is 0. The molecular weight excluding hydrogens is 222 g/mol. The first-order chi connectivity index (χ1) is 7.58. The number of anilines is 1. The zero-order valence-electron chi connectivity index (χ0n) is 9.23. The zero-order valence-corrected chi connectivity index (χ0v) is 10.0. The van der Waals surface area contributed by atoms with Gasteiger partial charge in [-0.15, -0.1) is 11.3 Å². The number of hydrogen-bond donors (Lipinski definition) is 1. The van der Waals surface area contributed by atoms with Crippen LogP contribution >= 0.6 is 11.3 Å². The lowest BCUT2D eigenvalue weighted by Gasteiger charge is -2.04. The second kappa shape index (κ2) is 3.07. The Labute approximate surface area is 97.3 Å². The predicted octanol–water partition coefficient (Wildman–Crippen LogP) is 2.38. The molecule has 0 saturated heterocycles. The third kappa shape index (κ3) is 1.43. The highest BCUT2D eigenvalue weighted by Gasteiger charge is 2.50. The van der Waals surface area contributed by atoms with E-state index in [9.17, 15) is 4.79 Å². The van der Waals surface area contributed by atoms with Gasteiger partial charge in [-0.05, 0) is 11.8 Å². The van der Waals surface area contributed by atoms with E-state index < -0.39 is 0 Å². The molecule has 1 aliphatic rings. The van der Waals surface area contributed by atoms with Crippen molar-refractivity contribution in [3.05, 3.63) is 17.8 Å². The van der Waals surface area contributed by atoms with Gasteiger partial charge in [0.15, 0.2) is 0 Å². The van der Waals surface area contributed by atoms with Gasteiger partial charge in [-0.3, -0.25) is 14.5 Å². The van der Waals surface area contributed by atoms with Crippen molar-refractivity contribution in [1.82, 2.24) is 9.38 Å². The van der Waals surface area contributed by atoms with Crippen molar-refractivity contribution in [3.63, 3.8) is 0 Å². The van der Waals surface area contributed by atoms with Crippen molar-refractivity contribution >= 4 is 28.0 Å². The third-order valence-corrected chi connectivity index (χ3v) is 4.03. The monoisotopic (exact) mass is 235 g/mol. The lowest BCUT2D eigenvalue weighted by Crippen LogP contribution is -2.18. The molecule has 0 unspecified atom stereocenters. The van der Waals surface area contributed by atoms with E-state index in [1.807, 2.05) is 16.0 Å². The maximum atomic E-state index is 11.9. The van der Waals surface area contributed by atoms with Gasteiger partial charge >= 0.3 is 0 Å². The Balaban J connectivity index is 1.81. The quantitative estimate of drug-likeness (QED) is 0.868. The minimum Gasteiger partial charge on any atom is -0.295 e. The molecular formula is C11H13N3OS. The van der Waals surface area contributed by atoms with Crippen molar-refractivity contribution in [2.45, 2.75) is 20.3 Å². The van der Waals surface area contributed by atoms with Crippen LogP contribution in [0.1, 0.15) is 20.3 Å². The number of rotatable bonds is 2. The summed E-state index contributed by atoms with van der Waals surface area (Å²) in [6.07, 6.45) is 4.66. The van der Waals surface area contributed by atoms with Crippen LogP contribution in [0, 0.1) is 11.3 Å². The molecule has 3 rings (SSSR count). The van der Waals surface area contributed by atoms with Crippen LogP contribution in [-0.2, 0) is 4.79 Å². The third-order valence-electron chi connectivity index (χ3n) is 3.23. The Morgan fingerprint density at radius 3 is 3.12 bits per heavy atom. The molecule has 0 bridgehead atoms. The molecule has 0 aliphatic heterocycles. The molecule has 5 heteroatoms. The number of nitrogens with zero attached hydrogens (tertiary/aromatic N) is 2. The van der Waals surface area contributed by atoms with Gasteiger partial charge in [0.1, 0.15) is 4.83 Å². The smallest absolute Gasteiger partial charge is 0.230 e. The number of hydrogen-bond acceptors (Lipinski definition) is 3. The Bertz CT molecular complexity index is 554. The normalized spacial score (nSPS) is 22.2. The molecule has 1 aliphatic carbocycles. The first-order valence-electron chi connectivity index (χ1n) is 5.29. The van der Waals surface area contributed by atoms with Gasteiger partial charge in [0.2, 0.25) is 11.9 Å². The van der Waals surface area contributed by atoms with Gasteiger partial charge in [0, 0.05) is 17.5 Å². The fraction of sp³-hybridized carbons (Fsp3) is 0.455. The van der Waals surface area contributed by atoms with Crippen LogP contribution in [0.4, 0.5) is 5.95 Å². The standard InChI is InChI=1S/C11H13N3OS/c1-11(2)5-7(11)9(15)13-10-12-6-8-14(10)3-4-16-8/h3-4,6-7H,5H2,1-2H3,(H,12,13,15)/t7-/m1/s1. The van der Waals surface area contributed by atoms with Crippen LogP contribution in [-0.4, -0.2) is 15.3 Å². The van der Waals surface area contributed by atoms with E-state index in [4.69, 9.17) is 0 Å². The number of thiazole rings is 1. The average Bonchev–Trinajstić information content (AvgIpc) is 2.65. The molecule has 1 N–H and O–H groups in total. The fourth-order valence-electron chi connectivity index (χ4n) is 1.94. The van der Waals surface area contributed by atoms with E-state index in [0.717, 1.165) is 11.3 Å². The van der Waals surface area contributed by atoms with Crippen molar-refractivity contribution < 1.29 is 4.79 Å². The first kappa shape index (κ1) is 9.84. The van der Waals surface area contributed by atoms with Gasteiger partial charge < -0.3 is 0 Å². The first-order valence-corrected chi connectivity index (χ1v) is 6.17. The van der Waals surface area contributed by atoms with E-state index in [0.29, 0.717) is 5.95 Å². The van der Waals surface area contributed by atoms with Gasteiger partial charge in [-0.1, -0.05) is 13.8 Å². The minimum absolute atomic E-state index is 0.0868. The molecule has 2 aromatic rings. The fourth-order valence-corrected chi connectivity index (χ4v) is 2.64. The highest BCUT2D eigenvalue weighted by Crippen LogP contribution is 2.51. The molecule has 0 radical (unpaired) electrons. The summed E-state index contributed by atoms with van der Waals surface area (Å²) >= 11 is 1.61. The highest BCUT2D eigenvalue weighted by atomic mass is 32.1. The van der Waals surface area contributed by atoms with Crippen molar-refractivity contribution in [2.75, 3.05) is 5.32 Å². The minimum atomic E-state index is 0.0868. The van der Waals surface area contributed by atoms with E-state index in [2.05, 4.69) is 24.1 Å². The molecule has 2 aromatic heterocycles. The molecule has 1 amide bonds. The maximum absolute atomic E-state index is 11.9. The van der Waals surface area contributed by atoms with E-state index in [1.165, 1.54) is 0 Å². The second-order valence-electron chi connectivity index (χ2n) is 4.93. The Kier molecular flexibility index (Phi) is 1.89.